The summed E-state index contributed by atoms with van der Waals surface area (Å²) in [5.74, 6) is 0.958. The van der Waals surface area contributed by atoms with Crippen LogP contribution in [-0.2, 0) is 0 Å². The molecule has 0 aromatic carbocycles. The largest absolute Gasteiger partial charge is 0.469 e. The van der Waals surface area contributed by atoms with Gasteiger partial charge in [0.05, 0.1) is 12.3 Å². The first kappa shape index (κ1) is 11.4. The summed E-state index contributed by atoms with van der Waals surface area (Å²) in [6, 6.07) is 4.58. The van der Waals surface area contributed by atoms with E-state index in [0.717, 1.165) is 5.76 Å². The van der Waals surface area contributed by atoms with Crippen LogP contribution in [-0.4, -0.2) is 7.05 Å². The van der Waals surface area contributed by atoms with E-state index in [1.807, 2.05) is 31.6 Å². The molecule has 1 atom stereocenters. The van der Waals surface area contributed by atoms with Gasteiger partial charge >= 0.3 is 0 Å². The van der Waals surface area contributed by atoms with Gasteiger partial charge in [0, 0.05) is 15.3 Å². The molecule has 0 spiro atoms. The van der Waals surface area contributed by atoms with Crippen molar-refractivity contribution in [2.45, 2.75) is 26.8 Å². The lowest BCUT2D eigenvalue weighted by molar-refractivity contribution is 0.528. The fourth-order valence-corrected chi connectivity index (χ4v) is 3.02. The lowest BCUT2D eigenvalue weighted by atomic mass is 10.0. The molecule has 0 aliphatic carbocycles. The molecule has 16 heavy (non-hydrogen) atoms. The monoisotopic (exact) mass is 235 g/mol. The van der Waals surface area contributed by atoms with Crippen LogP contribution in [0.4, 0.5) is 0 Å². The maximum absolute atomic E-state index is 5.38. The minimum absolute atomic E-state index is 0.238. The van der Waals surface area contributed by atoms with E-state index >= 15 is 0 Å². The first-order chi connectivity index (χ1) is 7.61. The van der Waals surface area contributed by atoms with E-state index in [1.54, 1.807) is 0 Å². The van der Waals surface area contributed by atoms with Gasteiger partial charge in [0.2, 0.25) is 0 Å². The van der Waals surface area contributed by atoms with Crippen molar-refractivity contribution in [3.8, 4) is 0 Å². The van der Waals surface area contributed by atoms with E-state index in [4.69, 9.17) is 4.42 Å². The highest BCUT2D eigenvalue weighted by Gasteiger charge is 2.17. The van der Waals surface area contributed by atoms with Crippen molar-refractivity contribution in [3.63, 3.8) is 0 Å². The van der Waals surface area contributed by atoms with Gasteiger partial charge in [-0.05, 0) is 45.5 Å². The smallest absolute Gasteiger partial charge is 0.101 e. The van der Waals surface area contributed by atoms with Gasteiger partial charge in [-0.2, -0.15) is 0 Å². The first-order valence-corrected chi connectivity index (χ1v) is 6.22. The summed E-state index contributed by atoms with van der Waals surface area (Å²) in [6.45, 7) is 6.29. The summed E-state index contributed by atoms with van der Waals surface area (Å²) >= 11 is 1.84. The van der Waals surface area contributed by atoms with E-state index in [2.05, 4.69) is 31.3 Å². The van der Waals surface area contributed by atoms with Crippen LogP contribution in [0.3, 0.4) is 0 Å². The van der Waals surface area contributed by atoms with E-state index in [1.165, 1.54) is 20.9 Å². The molecule has 0 amide bonds. The van der Waals surface area contributed by atoms with Gasteiger partial charge in [-0.25, -0.2) is 0 Å². The van der Waals surface area contributed by atoms with Gasteiger partial charge in [0.15, 0.2) is 0 Å². The molecule has 1 unspecified atom stereocenters. The number of nitrogens with one attached hydrogen (secondary N) is 1. The van der Waals surface area contributed by atoms with Gasteiger partial charge in [-0.15, -0.1) is 11.3 Å². The van der Waals surface area contributed by atoms with Crippen LogP contribution in [0.2, 0.25) is 0 Å². The maximum atomic E-state index is 5.38. The predicted octanol–water partition coefficient (Wildman–Crippen LogP) is 3.58. The third kappa shape index (κ3) is 2.06. The summed E-state index contributed by atoms with van der Waals surface area (Å²) in [5.41, 5.74) is 2.55. The van der Waals surface area contributed by atoms with Gasteiger partial charge in [0.25, 0.3) is 0 Å². The average molecular weight is 235 g/mol. The second kappa shape index (κ2) is 4.44. The molecule has 0 saturated heterocycles. The van der Waals surface area contributed by atoms with Crippen LogP contribution in [0.5, 0.6) is 0 Å². The zero-order chi connectivity index (χ0) is 11.7. The van der Waals surface area contributed by atoms with Crippen molar-refractivity contribution in [2.24, 2.45) is 0 Å². The Morgan fingerprint density at radius 2 is 2.00 bits per heavy atom. The molecular formula is C13H17NOS. The normalized spacial score (nSPS) is 13.0. The Bertz CT molecular complexity index is 484. The van der Waals surface area contributed by atoms with E-state index in [-0.39, 0.29) is 6.04 Å². The molecule has 2 rings (SSSR count). The lowest BCUT2D eigenvalue weighted by Gasteiger charge is -2.14. The minimum Gasteiger partial charge on any atom is -0.469 e. The molecule has 2 nitrogen and oxygen atoms in total. The maximum Gasteiger partial charge on any atom is 0.101 e. The van der Waals surface area contributed by atoms with Crippen LogP contribution < -0.4 is 5.32 Å². The molecule has 0 bridgehead atoms. The predicted molar refractivity (Wildman–Crippen MR) is 68.1 cm³/mol. The lowest BCUT2D eigenvalue weighted by Crippen LogP contribution is -2.17. The molecule has 0 radical (unpaired) electrons. The number of hydrogen-bond donors (Lipinski definition) is 1. The van der Waals surface area contributed by atoms with Crippen molar-refractivity contribution in [1.29, 1.82) is 0 Å². The van der Waals surface area contributed by atoms with E-state index in [0.29, 0.717) is 0 Å². The molecule has 2 heterocycles. The zero-order valence-electron chi connectivity index (χ0n) is 10.1. The van der Waals surface area contributed by atoms with Gasteiger partial charge < -0.3 is 9.73 Å². The summed E-state index contributed by atoms with van der Waals surface area (Å²) in [4.78, 5) is 2.73. The standard InChI is InChI=1S/C13H17NOS/c1-8-5-11(7-15-8)13(14-4)12-6-9(2)16-10(12)3/h5-7,13-14H,1-4H3. The summed E-state index contributed by atoms with van der Waals surface area (Å²) in [7, 11) is 1.99. The van der Waals surface area contributed by atoms with Gasteiger partial charge in [0.1, 0.15) is 5.76 Å². The summed E-state index contributed by atoms with van der Waals surface area (Å²) < 4.78 is 5.38. The topological polar surface area (TPSA) is 25.2 Å². The Balaban J connectivity index is 2.40. The van der Waals surface area contributed by atoms with Gasteiger partial charge in [-0.3, -0.25) is 0 Å². The Morgan fingerprint density at radius 3 is 2.44 bits per heavy atom. The van der Waals surface area contributed by atoms with E-state index < -0.39 is 0 Å². The van der Waals surface area contributed by atoms with Crippen LogP contribution >= 0.6 is 11.3 Å². The van der Waals surface area contributed by atoms with Gasteiger partial charge in [-0.1, -0.05) is 0 Å². The highest BCUT2D eigenvalue weighted by molar-refractivity contribution is 7.12. The zero-order valence-corrected chi connectivity index (χ0v) is 10.9. The van der Waals surface area contributed by atoms with Crippen molar-refractivity contribution in [3.05, 3.63) is 45.0 Å². The molecule has 0 aliphatic rings. The SMILES string of the molecule is CNC(c1coc(C)c1)c1cc(C)sc1C. The average Bonchev–Trinajstić information content (AvgIpc) is 2.76. The third-order valence-corrected chi connectivity index (χ3v) is 3.74. The van der Waals surface area contributed by atoms with Crippen molar-refractivity contribution < 1.29 is 4.42 Å². The number of aryl methyl sites for hydroxylation is 3. The van der Waals surface area contributed by atoms with E-state index in [9.17, 15) is 0 Å². The van der Waals surface area contributed by atoms with Crippen molar-refractivity contribution >= 4 is 11.3 Å². The van der Waals surface area contributed by atoms with Crippen LogP contribution in [0.25, 0.3) is 0 Å². The Labute approximate surface area is 100 Å². The second-order valence-corrected chi connectivity index (χ2v) is 5.54. The quantitative estimate of drug-likeness (QED) is 0.879. The highest BCUT2D eigenvalue weighted by atomic mass is 32.1. The van der Waals surface area contributed by atoms with Crippen molar-refractivity contribution in [1.82, 2.24) is 5.32 Å². The fourth-order valence-electron chi connectivity index (χ4n) is 2.05. The minimum atomic E-state index is 0.238. The molecule has 2 aromatic rings. The molecule has 2 aromatic heterocycles. The van der Waals surface area contributed by atoms with Crippen LogP contribution in [0, 0.1) is 20.8 Å². The molecule has 3 heteroatoms. The number of rotatable bonds is 3. The van der Waals surface area contributed by atoms with Crippen LogP contribution in [0.15, 0.2) is 22.8 Å². The molecule has 0 saturated carbocycles. The summed E-state index contributed by atoms with van der Waals surface area (Å²) in [5, 5.41) is 3.35. The molecule has 0 fully saturated rings. The second-order valence-electron chi connectivity index (χ2n) is 4.08. The number of furan rings is 1. The molecule has 86 valence electrons. The fraction of sp³-hybridized carbons (Fsp3) is 0.385. The van der Waals surface area contributed by atoms with Crippen molar-refractivity contribution in [2.75, 3.05) is 7.05 Å². The highest BCUT2D eigenvalue weighted by Crippen LogP contribution is 2.31. The third-order valence-electron chi connectivity index (χ3n) is 2.76. The first-order valence-electron chi connectivity index (χ1n) is 5.41. The Hall–Kier alpha value is -1.06. The number of thiophene rings is 1. The Morgan fingerprint density at radius 1 is 1.25 bits per heavy atom. The molecule has 0 aliphatic heterocycles. The summed E-state index contributed by atoms with van der Waals surface area (Å²) in [6.07, 6.45) is 1.84. The molecular weight excluding hydrogens is 218 g/mol. The molecule has 1 N–H and O–H groups in total. The van der Waals surface area contributed by atoms with Crippen LogP contribution in [0.1, 0.15) is 32.7 Å². The number of hydrogen-bond acceptors (Lipinski definition) is 3. The Kier molecular flexibility index (Phi) is 3.17.